The van der Waals surface area contributed by atoms with Crippen molar-refractivity contribution in [3.8, 4) is 0 Å². The fourth-order valence-corrected chi connectivity index (χ4v) is 1.25. The second kappa shape index (κ2) is 2.71. The van der Waals surface area contributed by atoms with E-state index in [2.05, 4.69) is 0 Å². The number of allylic oxidation sites excluding steroid dienone is 2. The summed E-state index contributed by atoms with van der Waals surface area (Å²) >= 11 is 0. The van der Waals surface area contributed by atoms with E-state index < -0.39 is 23.2 Å². The van der Waals surface area contributed by atoms with E-state index in [1.54, 1.807) is 0 Å². The van der Waals surface area contributed by atoms with Crippen molar-refractivity contribution in [1.82, 2.24) is 0 Å². The van der Waals surface area contributed by atoms with E-state index >= 15 is 0 Å². The number of halogens is 2. The van der Waals surface area contributed by atoms with Gasteiger partial charge in [0.1, 0.15) is 0 Å². The average Bonchev–Trinajstić information content (AvgIpc) is 2.49. The summed E-state index contributed by atoms with van der Waals surface area (Å²) in [6, 6.07) is 0. The molecule has 2 aliphatic rings. The number of carbonyl (C=O) groups excluding carboxylic acids is 1. The van der Waals surface area contributed by atoms with Crippen LogP contribution in [-0.2, 0) is 14.3 Å². The molecule has 0 aromatic heterocycles. The fraction of sp³-hybridized carbons (Fsp3) is 0.375. The first-order chi connectivity index (χ1) is 6.13. The first-order valence-electron chi connectivity index (χ1n) is 3.72. The Kier molecular flexibility index (Phi) is 1.78. The summed E-state index contributed by atoms with van der Waals surface area (Å²) in [6.07, 6.45) is 1.68. The molecule has 0 bridgehead atoms. The lowest BCUT2D eigenvalue weighted by Crippen LogP contribution is -2.29. The predicted octanol–water partition coefficient (Wildman–Crippen LogP) is 1.02. The molecule has 0 radical (unpaired) electrons. The maximum atomic E-state index is 12.8. The molecule has 1 aliphatic carbocycles. The topological polar surface area (TPSA) is 35.5 Å². The highest BCUT2D eigenvalue weighted by molar-refractivity contribution is 6.06. The van der Waals surface area contributed by atoms with Gasteiger partial charge in [-0.2, -0.15) is 0 Å². The number of ether oxygens (including phenoxy) is 2. The molecule has 0 atom stereocenters. The largest absolute Gasteiger partial charge is 0.340 e. The van der Waals surface area contributed by atoms with Crippen molar-refractivity contribution < 1.29 is 23.0 Å². The highest BCUT2D eigenvalue weighted by atomic mass is 19.1. The third-order valence-electron chi connectivity index (χ3n) is 1.83. The number of hydrogen-bond acceptors (Lipinski definition) is 3. The molecule has 0 unspecified atom stereocenters. The van der Waals surface area contributed by atoms with E-state index in [-0.39, 0.29) is 13.2 Å². The molecule has 0 aromatic carbocycles. The predicted molar refractivity (Wildman–Crippen MR) is 38.0 cm³/mol. The molecule has 0 N–H and O–H groups in total. The third kappa shape index (κ3) is 1.30. The maximum Gasteiger partial charge on any atom is 0.249 e. The molecule has 5 heteroatoms. The smallest absolute Gasteiger partial charge is 0.249 e. The number of Topliss-reactive ketones (excluding diaryl/α,β-unsaturated/α-hetero) is 1. The van der Waals surface area contributed by atoms with Gasteiger partial charge in [0, 0.05) is 12.2 Å². The van der Waals surface area contributed by atoms with Crippen molar-refractivity contribution in [1.29, 1.82) is 0 Å². The molecule has 0 saturated carbocycles. The van der Waals surface area contributed by atoms with Gasteiger partial charge in [0.25, 0.3) is 0 Å². The molecule has 70 valence electrons. The third-order valence-corrected chi connectivity index (χ3v) is 1.83. The lowest BCUT2D eigenvalue weighted by molar-refractivity contribution is -0.118. The van der Waals surface area contributed by atoms with Crippen LogP contribution in [0.5, 0.6) is 0 Å². The van der Waals surface area contributed by atoms with Gasteiger partial charge in [-0.15, -0.1) is 0 Å². The average molecular weight is 188 g/mol. The van der Waals surface area contributed by atoms with Gasteiger partial charge in [0.2, 0.25) is 11.6 Å². The van der Waals surface area contributed by atoms with E-state index in [1.807, 2.05) is 0 Å². The lowest BCUT2D eigenvalue weighted by Gasteiger charge is -2.21. The van der Waals surface area contributed by atoms with Crippen LogP contribution in [0.25, 0.3) is 0 Å². The van der Waals surface area contributed by atoms with E-state index in [0.29, 0.717) is 0 Å². The van der Waals surface area contributed by atoms with Crippen LogP contribution in [0.3, 0.4) is 0 Å². The van der Waals surface area contributed by atoms with Crippen LogP contribution >= 0.6 is 0 Å². The maximum absolute atomic E-state index is 12.8. The molecule has 3 nitrogen and oxygen atoms in total. The van der Waals surface area contributed by atoms with Crippen LogP contribution in [0, 0.1) is 0 Å². The summed E-state index contributed by atoms with van der Waals surface area (Å²) in [5, 5.41) is 0. The number of ketones is 1. The van der Waals surface area contributed by atoms with Crippen LogP contribution in [-0.4, -0.2) is 24.8 Å². The Hall–Kier alpha value is -1.07. The first-order valence-corrected chi connectivity index (χ1v) is 3.72. The SMILES string of the molecule is O=C1C(F)=CC2(C=C1F)OCCO2. The zero-order chi connectivity index (χ0) is 9.47. The number of carbonyl (C=O) groups is 1. The Bertz CT molecular complexity index is 289. The Balaban J connectivity index is 2.38. The second-order valence-electron chi connectivity index (χ2n) is 2.73. The van der Waals surface area contributed by atoms with Gasteiger partial charge >= 0.3 is 0 Å². The van der Waals surface area contributed by atoms with E-state index in [1.165, 1.54) is 0 Å². The van der Waals surface area contributed by atoms with Crippen molar-refractivity contribution in [2.45, 2.75) is 5.79 Å². The van der Waals surface area contributed by atoms with Crippen LogP contribution in [0.2, 0.25) is 0 Å². The summed E-state index contributed by atoms with van der Waals surface area (Å²) in [6.45, 7) is 0.503. The van der Waals surface area contributed by atoms with Crippen LogP contribution in [0.15, 0.2) is 23.8 Å². The minimum Gasteiger partial charge on any atom is -0.340 e. The highest BCUT2D eigenvalue weighted by Crippen LogP contribution is 2.31. The summed E-state index contributed by atoms with van der Waals surface area (Å²) in [5.74, 6) is -5.12. The molecule has 1 saturated heterocycles. The van der Waals surface area contributed by atoms with Gasteiger partial charge in [-0.25, -0.2) is 8.78 Å². The molecule has 1 heterocycles. The second-order valence-corrected chi connectivity index (χ2v) is 2.73. The van der Waals surface area contributed by atoms with E-state index in [4.69, 9.17) is 9.47 Å². The normalized spacial score (nSPS) is 26.2. The number of hydrogen-bond donors (Lipinski definition) is 0. The van der Waals surface area contributed by atoms with Crippen LogP contribution < -0.4 is 0 Å². The van der Waals surface area contributed by atoms with Crippen molar-refractivity contribution in [3.05, 3.63) is 23.8 Å². The number of rotatable bonds is 0. The fourth-order valence-electron chi connectivity index (χ4n) is 1.25. The minimum atomic E-state index is -1.50. The summed E-state index contributed by atoms with van der Waals surface area (Å²) < 4.78 is 35.5. The van der Waals surface area contributed by atoms with Crippen molar-refractivity contribution in [3.63, 3.8) is 0 Å². The molecule has 0 aromatic rings. The molecule has 2 rings (SSSR count). The minimum absolute atomic E-state index is 0.252. The zero-order valence-corrected chi connectivity index (χ0v) is 6.55. The first kappa shape index (κ1) is 8.52. The Morgan fingerprint density at radius 1 is 1.15 bits per heavy atom. The molecule has 13 heavy (non-hydrogen) atoms. The van der Waals surface area contributed by atoms with E-state index in [0.717, 1.165) is 12.2 Å². The van der Waals surface area contributed by atoms with Gasteiger partial charge in [0.15, 0.2) is 11.7 Å². The summed E-state index contributed by atoms with van der Waals surface area (Å²) in [7, 11) is 0. The molecule has 0 amide bonds. The Labute approximate surface area is 72.6 Å². The van der Waals surface area contributed by atoms with Crippen LogP contribution in [0.1, 0.15) is 0 Å². The van der Waals surface area contributed by atoms with Gasteiger partial charge in [-0.3, -0.25) is 4.79 Å². The van der Waals surface area contributed by atoms with Gasteiger partial charge in [0.05, 0.1) is 13.2 Å². The molecular formula is C8H6F2O3. The summed E-state index contributed by atoms with van der Waals surface area (Å²) in [5.41, 5.74) is 0. The van der Waals surface area contributed by atoms with Crippen molar-refractivity contribution in [2.75, 3.05) is 13.2 Å². The van der Waals surface area contributed by atoms with Crippen LogP contribution in [0.4, 0.5) is 8.78 Å². The van der Waals surface area contributed by atoms with Crippen molar-refractivity contribution in [2.24, 2.45) is 0 Å². The zero-order valence-electron chi connectivity index (χ0n) is 6.55. The Morgan fingerprint density at radius 2 is 1.62 bits per heavy atom. The lowest BCUT2D eigenvalue weighted by atomic mass is 10.1. The van der Waals surface area contributed by atoms with Gasteiger partial charge < -0.3 is 9.47 Å². The molecule has 1 spiro atoms. The van der Waals surface area contributed by atoms with E-state index in [9.17, 15) is 13.6 Å². The monoisotopic (exact) mass is 188 g/mol. The summed E-state index contributed by atoms with van der Waals surface area (Å²) in [4.78, 5) is 10.7. The molecular weight excluding hydrogens is 182 g/mol. The molecule has 1 aliphatic heterocycles. The quantitative estimate of drug-likeness (QED) is 0.569. The highest BCUT2D eigenvalue weighted by Gasteiger charge is 2.39. The van der Waals surface area contributed by atoms with Crippen molar-refractivity contribution >= 4 is 5.78 Å². The van der Waals surface area contributed by atoms with Gasteiger partial charge in [-0.1, -0.05) is 0 Å². The van der Waals surface area contributed by atoms with Gasteiger partial charge in [-0.05, 0) is 0 Å². The standard InChI is InChI=1S/C8H6F2O3/c9-5-3-8(12-1-2-13-8)4-6(10)7(5)11/h3-4H,1-2H2. The molecule has 1 fully saturated rings. The Morgan fingerprint density at radius 3 is 2.08 bits per heavy atom.